The third kappa shape index (κ3) is 2.10. The summed E-state index contributed by atoms with van der Waals surface area (Å²) in [5.41, 5.74) is 9.80. The molecule has 1 heterocycles. The van der Waals surface area contributed by atoms with Gasteiger partial charge in [-0.1, -0.05) is 26.3 Å². The molecular formula is C18H25N3. The van der Waals surface area contributed by atoms with Crippen molar-refractivity contribution in [3.8, 4) is 0 Å². The van der Waals surface area contributed by atoms with E-state index in [4.69, 9.17) is 10.7 Å². The van der Waals surface area contributed by atoms with Gasteiger partial charge in [-0.05, 0) is 48.8 Å². The first-order chi connectivity index (χ1) is 10.1. The SMILES string of the molecule is CC1(C)CCCC1c1nc2cc(CN)ccc2n1C1CC1. The van der Waals surface area contributed by atoms with Crippen LogP contribution in [-0.2, 0) is 6.54 Å². The number of imidazole rings is 1. The van der Waals surface area contributed by atoms with Gasteiger partial charge in [0.2, 0.25) is 0 Å². The number of nitrogens with zero attached hydrogens (tertiary/aromatic N) is 2. The molecule has 2 N–H and O–H groups in total. The van der Waals surface area contributed by atoms with Gasteiger partial charge in [-0.2, -0.15) is 0 Å². The van der Waals surface area contributed by atoms with Crippen LogP contribution >= 0.6 is 0 Å². The predicted octanol–water partition coefficient (Wildman–Crippen LogP) is 4.12. The summed E-state index contributed by atoms with van der Waals surface area (Å²) in [5.74, 6) is 1.94. The zero-order valence-corrected chi connectivity index (χ0v) is 13.1. The molecule has 0 saturated heterocycles. The van der Waals surface area contributed by atoms with Gasteiger partial charge in [0, 0.05) is 18.5 Å². The molecule has 0 radical (unpaired) electrons. The number of rotatable bonds is 3. The first-order valence-electron chi connectivity index (χ1n) is 8.31. The molecule has 0 spiro atoms. The zero-order chi connectivity index (χ0) is 14.6. The number of benzene rings is 1. The van der Waals surface area contributed by atoms with E-state index in [0.717, 1.165) is 5.52 Å². The Balaban J connectivity index is 1.89. The zero-order valence-electron chi connectivity index (χ0n) is 13.1. The van der Waals surface area contributed by atoms with Crippen molar-refractivity contribution in [2.75, 3.05) is 0 Å². The van der Waals surface area contributed by atoms with Gasteiger partial charge in [0.15, 0.2) is 0 Å². The summed E-state index contributed by atoms with van der Waals surface area (Å²) in [5, 5.41) is 0. The fourth-order valence-electron chi connectivity index (χ4n) is 4.06. The van der Waals surface area contributed by atoms with Crippen molar-refractivity contribution in [3.63, 3.8) is 0 Å². The molecule has 2 saturated carbocycles. The molecule has 0 bridgehead atoms. The molecule has 0 amide bonds. The minimum atomic E-state index is 0.380. The Morgan fingerprint density at radius 1 is 1.29 bits per heavy atom. The first kappa shape index (κ1) is 13.3. The normalized spacial score (nSPS) is 24.8. The average Bonchev–Trinajstić information content (AvgIpc) is 3.14. The monoisotopic (exact) mass is 283 g/mol. The highest BCUT2D eigenvalue weighted by atomic mass is 15.1. The molecule has 1 aromatic carbocycles. The van der Waals surface area contributed by atoms with E-state index in [1.165, 1.54) is 49.0 Å². The van der Waals surface area contributed by atoms with E-state index in [1.54, 1.807) is 0 Å². The molecule has 2 aromatic rings. The quantitative estimate of drug-likeness (QED) is 0.920. The number of hydrogen-bond donors (Lipinski definition) is 1. The van der Waals surface area contributed by atoms with Gasteiger partial charge in [0.05, 0.1) is 11.0 Å². The predicted molar refractivity (Wildman–Crippen MR) is 86.3 cm³/mol. The summed E-state index contributed by atoms with van der Waals surface area (Å²) in [7, 11) is 0. The van der Waals surface area contributed by atoms with Crippen molar-refractivity contribution < 1.29 is 0 Å². The maximum absolute atomic E-state index is 5.79. The Labute approximate surface area is 126 Å². The summed E-state index contributed by atoms with van der Waals surface area (Å²) in [6, 6.07) is 7.26. The Kier molecular flexibility index (Phi) is 2.90. The molecule has 2 aliphatic carbocycles. The molecule has 1 atom stereocenters. The molecule has 2 aliphatic rings. The second kappa shape index (κ2) is 4.57. The molecule has 0 aliphatic heterocycles. The van der Waals surface area contributed by atoms with Crippen molar-refractivity contribution in [2.45, 2.75) is 64.5 Å². The van der Waals surface area contributed by atoms with Crippen LogP contribution in [0.15, 0.2) is 18.2 Å². The summed E-state index contributed by atoms with van der Waals surface area (Å²) < 4.78 is 2.55. The smallest absolute Gasteiger partial charge is 0.113 e. The highest BCUT2D eigenvalue weighted by Gasteiger charge is 2.40. The van der Waals surface area contributed by atoms with Crippen molar-refractivity contribution in [1.29, 1.82) is 0 Å². The van der Waals surface area contributed by atoms with Gasteiger partial charge >= 0.3 is 0 Å². The summed E-state index contributed by atoms with van der Waals surface area (Å²) in [6.45, 7) is 5.41. The Bertz CT molecular complexity index is 679. The number of fused-ring (bicyclic) bond motifs is 1. The van der Waals surface area contributed by atoms with Crippen LogP contribution in [-0.4, -0.2) is 9.55 Å². The second-order valence-electron chi connectivity index (χ2n) is 7.53. The van der Waals surface area contributed by atoms with E-state index in [9.17, 15) is 0 Å². The molecule has 2 fully saturated rings. The fraction of sp³-hybridized carbons (Fsp3) is 0.611. The maximum atomic E-state index is 5.79. The third-order valence-electron chi connectivity index (χ3n) is 5.50. The fourth-order valence-corrected chi connectivity index (χ4v) is 4.06. The van der Waals surface area contributed by atoms with E-state index in [0.29, 0.717) is 23.9 Å². The maximum Gasteiger partial charge on any atom is 0.113 e. The number of nitrogens with two attached hydrogens (primary N) is 1. The second-order valence-corrected chi connectivity index (χ2v) is 7.53. The van der Waals surface area contributed by atoms with Crippen LogP contribution in [0.1, 0.15) is 69.3 Å². The molecule has 3 nitrogen and oxygen atoms in total. The summed E-state index contributed by atoms with van der Waals surface area (Å²) in [6.07, 6.45) is 6.56. The average molecular weight is 283 g/mol. The van der Waals surface area contributed by atoms with Crippen LogP contribution in [0.25, 0.3) is 11.0 Å². The molecule has 4 rings (SSSR count). The van der Waals surface area contributed by atoms with Crippen molar-refractivity contribution in [3.05, 3.63) is 29.6 Å². The van der Waals surface area contributed by atoms with Crippen molar-refractivity contribution in [2.24, 2.45) is 11.1 Å². The lowest BCUT2D eigenvalue weighted by Gasteiger charge is -2.27. The minimum absolute atomic E-state index is 0.380. The van der Waals surface area contributed by atoms with E-state index >= 15 is 0 Å². The van der Waals surface area contributed by atoms with Crippen LogP contribution in [0.2, 0.25) is 0 Å². The highest BCUT2D eigenvalue weighted by Crippen LogP contribution is 2.51. The van der Waals surface area contributed by atoms with E-state index in [2.05, 4.69) is 36.6 Å². The lowest BCUT2D eigenvalue weighted by atomic mass is 9.81. The number of hydrogen-bond acceptors (Lipinski definition) is 2. The van der Waals surface area contributed by atoms with Crippen LogP contribution in [0, 0.1) is 5.41 Å². The Morgan fingerprint density at radius 2 is 2.10 bits per heavy atom. The molecule has 21 heavy (non-hydrogen) atoms. The largest absolute Gasteiger partial charge is 0.326 e. The van der Waals surface area contributed by atoms with E-state index in [-0.39, 0.29) is 0 Å². The molecule has 1 aromatic heterocycles. The highest BCUT2D eigenvalue weighted by molar-refractivity contribution is 5.77. The van der Waals surface area contributed by atoms with Crippen LogP contribution < -0.4 is 5.73 Å². The van der Waals surface area contributed by atoms with Crippen molar-refractivity contribution >= 4 is 11.0 Å². The summed E-state index contributed by atoms with van der Waals surface area (Å²) in [4.78, 5) is 5.07. The van der Waals surface area contributed by atoms with Gasteiger partial charge in [-0.15, -0.1) is 0 Å². The standard InChI is InChI=1S/C18H25N3/c1-18(2)9-3-4-14(18)17-20-15-10-12(11-19)5-8-16(15)21(17)13-6-7-13/h5,8,10,13-14H,3-4,6-7,9,11,19H2,1-2H3. The van der Waals surface area contributed by atoms with Crippen LogP contribution in [0.3, 0.4) is 0 Å². The van der Waals surface area contributed by atoms with Gasteiger partial charge in [-0.25, -0.2) is 4.98 Å². The van der Waals surface area contributed by atoms with Gasteiger partial charge < -0.3 is 10.3 Å². The van der Waals surface area contributed by atoms with E-state index in [1.807, 2.05) is 0 Å². The molecule has 112 valence electrons. The third-order valence-corrected chi connectivity index (χ3v) is 5.50. The minimum Gasteiger partial charge on any atom is -0.326 e. The van der Waals surface area contributed by atoms with Gasteiger partial charge in [-0.3, -0.25) is 0 Å². The summed E-state index contributed by atoms with van der Waals surface area (Å²) >= 11 is 0. The topological polar surface area (TPSA) is 43.8 Å². The van der Waals surface area contributed by atoms with Gasteiger partial charge in [0.1, 0.15) is 5.82 Å². The molecule has 1 unspecified atom stereocenters. The molecule has 3 heteroatoms. The van der Waals surface area contributed by atoms with Gasteiger partial charge in [0.25, 0.3) is 0 Å². The lowest BCUT2D eigenvalue weighted by molar-refractivity contribution is 0.316. The van der Waals surface area contributed by atoms with Crippen LogP contribution in [0.4, 0.5) is 0 Å². The number of aromatic nitrogens is 2. The van der Waals surface area contributed by atoms with E-state index < -0.39 is 0 Å². The van der Waals surface area contributed by atoms with Crippen molar-refractivity contribution in [1.82, 2.24) is 9.55 Å². The Hall–Kier alpha value is -1.35. The first-order valence-corrected chi connectivity index (χ1v) is 8.31. The Morgan fingerprint density at radius 3 is 2.71 bits per heavy atom. The lowest BCUT2D eigenvalue weighted by Crippen LogP contribution is -2.19. The molecular weight excluding hydrogens is 258 g/mol. The van der Waals surface area contributed by atoms with Crippen LogP contribution in [0.5, 0.6) is 0 Å².